The van der Waals surface area contributed by atoms with E-state index < -0.39 is 0 Å². The van der Waals surface area contributed by atoms with E-state index in [1.54, 1.807) is 18.1 Å². The summed E-state index contributed by atoms with van der Waals surface area (Å²) in [5.41, 5.74) is -0.237. The van der Waals surface area contributed by atoms with Crippen LogP contribution < -0.4 is 10.5 Å². The highest BCUT2D eigenvalue weighted by Crippen LogP contribution is 2.01. The number of aliphatic hydroxyl groups excluding tert-OH is 2. The Hall–Kier alpha value is -1.40. The van der Waals surface area contributed by atoms with Gasteiger partial charge in [0.05, 0.1) is 13.2 Å². The van der Waals surface area contributed by atoms with Crippen molar-refractivity contribution in [2.45, 2.75) is 0 Å². The molecule has 1 heterocycles. The zero-order valence-electron chi connectivity index (χ0n) is 8.63. The highest BCUT2D eigenvalue weighted by atomic mass is 16.3. The minimum absolute atomic E-state index is 0.0836. The van der Waals surface area contributed by atoms with E-state index in [1.807, 2.05) is 0 Å². The van der Waals surface area contributed by atoms with Gasteiger partial charge in [0.15, 0.2) is 5.82 Å². The Bertz CT molecular complexity index is 358. The molecule has 0 atom stereocenters. The summed E-state index contributed by atoms with van der Waals surface area (Å²) in [7, 11) is 1.63. The summed E-state index contributed by atoms with van der Waals surface area (Å²) in [6, 6.07) is 0. The fourth-order valence-corrected chi connectivity index (χ4v) is 1.27. The summed E-state index contributed by atoms with van der Waals surface area (Å²) in [4.78, 5) is 17.2. The molecule has 1 aromatic heterocycles. The highest BCUT2D eigenvalue weighted by Gasteiger charge is 2.11. The molecule has 0 saturated carbocycles. The molecule has 15 heavy (non-hydrogen) atoms. The number of aliphatic hydroxyl groups is 2. The van der Waals surface area contributed by atoms with Crippen LogP contribution in [0.3, 0.4) is 0 Å². The zero-order valence-corrected chi connectivity index (χ0v) is 8.63. The Morgan fingerprint density at radius 1 is 1.40 bits per heavy atom. The second-order valence-electron chi connectivity index (χ2n) is 3.10. The average Bonchev–Trinajstić information content (AvgIpc) is 2.22. The number of aromatic nitrogens is 2. The number of aryl methyl sites for hydroxylation is 1. The third-order valence-corrected chi connectivity index (χ3v) is 2.04. The molecule has 6 heteroatoms. The lowest BCUT2D eigenvalue weighted by molar-refractivity contribution is 0.280. The molecule has 6 nitrogen and oxygen atoms in total. The van der Waals surface area contributed by atoms with Crippen LogP contribution in [0.15, 0.2) is 17.2 Å². The van der Waals surface area contributed by atoms with Crippen LogP contribution in [-0.4, -0.2) is 46.1 Å². The summed E-state index contributed by atoms with van der Waals surface area (Å²) < 4.78 is 1.41. The summed E-state index contributed by atoms with van der Waals surface area (Å²) in [5.74, 6) is 0.253. The Morgan fingerprint density at radius 2 is 2.00 bits per heavy atom. The van der Waals surface area contributed by atoms with Crippen LogP contribution in [0.25, 0.3) is 0 Å². The molecule has 0 bridgehead atoms. The van der Waals surface area contributed by atoms with Crippen LogP contribution in [0.2, 0.25) is 0 Å². The summed E-state index contributed by atoms with van der Waals surface area (Å²) in [6.07, 6.45) is 3.07. The lowest BCUT2D eigenvalue weighted by atomic mass is 10.4. The Labute approximate surface area is 87.4 Å². The summed E-state index contributed by atoms with van der Waals surface area (Å²) >= 11 is 0. The van der Waals surface area contributed by atoms with Crippen molar-refractivity contribution in [2.24, 2.45) is 7.05 Å². The van der Waals surface area contributed by atoms with Gasteiger partial charge in [0, 0.05) is 32.5 Å². The molecule has 1 rings (SSSR count). The van der Waals surface area contributed by atoms with Gasteiger partial charge in [0.2, 0.25) is 0 Å². The SMILES string of the molecule is Cn1ccnc(N(CCO)CCO)c1=O. The Kier molecular flexibility index (Phi) is 4.26. The third-order valence-electron chi connectivity index (χ3n) is 2.04. The normalized spacial score (nSPS) is 10.3. The van der Waals surface area contributed by atoms with E-state index >= 15 is 0 Å². The summed E-state index contributed by atoms with van der Waals surface area (Å²) in [6.45, 7) is 0.402. The van der Waals surface area contributed by atoms with Crippen molar-refractivity contribution in [3.63, 3.8) is 0 Å². The molecule has 2 N–H and O–H groups in total. The van der Waals surface area contributed by atoms with E-state index in [4.69, 9.17) is 10.2 Å². The fourth-order valence-electron chi connectivity index (χ4n) is 1.27. The predicted molar refractivity (Wildman–Crippen MR) is 55.9 cm³/mol. The summed E-state index contributed by atoms with van der Waals surface area (Å²) in [5, 5.41) is 17.6. The number of hydrogen-bond donors (Lipinski definition) is 2. The smallest absolute Gasteiger partial charge is 0.293 e. The molecule has 0 spiro atoms. The average molecular weight is 213 g/mol. The second-order valence-corrected chi connectivity index (χ2v) is 3.10. The number of hydrogen-bond acceptors (Lipinski definition) is 5. The largest absolute Gasteiger partial charge is 0.395 e. The van der Waals surface area contributed by atoms with E-state index in [2.05, 4.69) is 4.98 Å². The maximum Gasteiger partial charge on any atom is 0.293 e. The lowest BCUT2D eigenvalue weighted by Crippen LogP contribution is -2.36. The molecule has 0 aliphatic carbocycles. The van der Waals surface area contributed by atoms with Crippen molar-refractivity contribution < 1.29 is 10.2 Å². The highest BCUT2D eigenvalue weighted by molar-refractivity contribution is 5.35. The van der Waals surface area contributed by atoms with Crippen LogP contribution in [-0.2, 0) is 7.05 Å². The Balaban J connectivity index is 2.99. The molecular formula is C9H15N3O3. The van der Waals surface area contributed by atoms with E-state index in [0.29, 0.717) is 0 Å². The van der Waals surface area contributed by atoms with Gasteiger partial charge in [0.25, 0.3) is 5.56 Å². The van der Waals surface area contributed by atoms with Crippen LogP contribution in [0.5, 0.6) is 0 Å². The molecular weight excluding hydrogens is 198 g/mol. The zero-order chi connectivity index (χ0) is 11.3. The standard InChI is InChI=1S/C9H15N3O3/c1-11-3-2-10-8(9(11)15)12(4-6-13)5-7-14/h2-3,13-14H,4-7H2,1H3. The molecule has 0 aliphatic heterocycles. The van der Waals surface area contributed by atoms with Gasteiger partial charge in [-0.15, -0.1) is 0 Å². The van der Waals surface area contributed by atoms with E-state index in [1.165, 1.54) is 10.8 Å². The molecule has 0 unspecified atom stereocenters. The molecule has 0 saturated heterocycles. The van der Waals surface area contributed by atoms with Crippen molar-refractivity contribution >= 4 is 5.82 Å². The minimum Gasteiger partial charge on any atom is -0.395 e. The van der Waals surface area contributed by atoms with Gasteiger partial charge >= 0.3 is 0 Å². The molecule has 0 fully saturated rings. The van der Waals surface area contributed by atoms with Gasteiger partial charge < -0.3 is 19.7 Å². The number of nitrogens with zero attached hydrogens (tertiary/aromatic N) is 3. The van der Waals surface area contributed by atoms with Crippen molar-refractivity contribution in [3.05, 3.63) is 22.7 Å². The van der Waals surface area contributed by atoms with Gasteiger partial charge in [-0.25, -0.2) is 4.98 Å². The monoisotopic (exact) mass is 213 g/mol. The van der Waals surface area contributed by atoms with Crippen LogP contribution in [0, 0.1) is 0 Å². The topological polar surface area (TPSA) is 78.6 Å². The number of anilines is 1. The van der Waals surface area contributed by atoms with E-state index in [0.717, 1.165) is 0 Å². The fraction of sp³-hybridized carbons (Fsp3) is 0.556. The quantitative estimate of drug-likeness (QED) is 0.627. The first-order valence-electron chi connectivity index (χ1n) is 4.69. The van der Waals surface area contributed by atoms with Crippen LogP contribution >= 0.6 is 0 Å². The molecule has 0 aliphatic rings. The molecule has 84 valence electrons. The maximum absolute atomic E-state index is 11.7. The van der Waals surface area contributed by atoms with E-state index in [-0.39, 0.29) is 37.7 Å². The molecule has 0 aromatic carbocycles. The van der Waals surface area contributed by atoms with Crippen molar-refractivity contribution in [2.75, 3.05) is 31.2 Å². The molecule has 0 amide bonds. The van der Waals surface area contributed by atoms with Crippen molar-refractivity contribution in [1.82, 2.24) is 9.55 Å². The van der Waals surface area contributed by atoms with Gasteiger partial charge in [-0.2, -0.15) is 0 Å². The third kappa shape index (κ3) is 2.77. The van der Waals surface area contributed by atoms with Gasteiger partial charge in [0.1, 0.15) is 0 Å². The van der Waals surface area contributed by atoms with Crippen molar-refractivity contribution in [3.8, 4) is 0 Å². The van der Waals surface area contributed by atoms with Gasteiger partial charge in [-0.1, -0.05) is 0 Å². The lowest BCUT2D eigenvalue weighted by Gasteiger charge is -2.20. The van der Waals surface area contributed by atoms with Crippen molar-refractivity contribution in [1.29, 1.82) is 0 Å². The first kappa shape index (κ1) is 11.7. The first-order valence-corrected chi connectivity index (χ1v) is 4.69. The molecule has 1 aromatic rings. The Morgan fingerprint density at radius 3 is 2.53 bits per heavy atom. The van der Waals surface area contributed by atoms with Gasteiger partial charge in [-0.05, 0) is 0 Å². The predicted octanol–water partition coefficient (Wildman–Crippen LogP) is -1.43. The van der Waals surface area contributed by atoms with Crippen LogP contribution in [0.1, 0.15) is 0 Å². The second kappa shape index (κ2) is 5.47. The maximum atomic E-state index is 11.7. The van der Waals surface area contributed by atoms with E-state index in [9.17, 15) is 4.79 Å². The molecule has 0 radical (unpaired) electrons. The van der Waals surface area contributed by atoms with Gasteiger partial charge in [-0.3, -0.25) is 4.79 Å². The first-order chi connectivity index (χ1) is 7.20. The minimum atomic E-state index is -0.237. The van der Waals surface area contributed by atoms with Crippen LogP contribution in [0.4, 0.5) is 5.82 Å². The number of rotatable bonds is 5.